The second-order valence-corrected chi connectivity index (χ2v) is 12.0. The van der Waals surface area contributed by atoms with Gasteiger partial charge >= 0.3 is 12.1 Å². The molecule has 47 heavy (non-hydrogen) atoms. The molecule has 1 saturated carbocycles. The Bertz CT molecular complexity index is 1630. The zero-order valence-corrected chi connectivity index (χ0v) is 26.5. The zero-order chi connectivity index (χ0) is 33.2. The summed E-state index contributed by atoms with van der Waals surface area (Å²) < 4.78 is 5.10. The monoisotopic (exact) mass is 639 g/mol. The SMILES string of the molecule is CC(c1nc2ccccc2[nH]1)N(Cc1ccc(C(=O)NC[C@H](NC(=O)OCc2ccccc2)C(=O)O)cc1)C(=O)CCC1CCCC1. The van der Waals surface area contributed by atoms with Crippen molar-refractivity contribution in [2.24, 2.45) is 5.92 Å². The molecule has 11 nitrogen and oxygen atoms in total. The van der Waals surface area contributed by atoms with Gasteiger partial charge in [-0.05, 0) is 54.7 Å². The van der Waals surface area contributed by atoms with Crippen molar-refractivity contribution in [3.8, 4) is 0 Å². The summed E-state index contributed by atoms with van der Waals surface area (Å²) in [6, 6.07) is 21.9. The summed E-state index contributed by atoms with van der Waals surface area (Å²) in [6.45, 7) is 1.95. The minimum absolute atomic E-state index is 0.0156. The Balaban J connectivity index is 1.19. The van der Waals surface area contributed by atoms with Gasteiger partial charge in [-0.1, -0.05) is 80.3 Å². The third-order valence-corrected chi connectivity index (χ3v) is 8.67. The van der Waals surface area contributed by atoms with Crippen molar-refractivity contribution in [3.05, 3.63) is 101 Å². The third-order valence-electron chi connectivity index (χ3n) is 8.67. The van der Waals surface area contributed by atoms with Crippen LogP contribution in [0.15, 0.2) is 78.9 Å². The summed E-state index contributed by atoms with van der Waals surface area (Å²) in [7, 11) is 0. The number of hydrogen-bond acceptors (Lipinski definition) is 6. The van der Waals surface area contributed by atoms with Crippen molar-refractivity contribution in [2.75, 3.05) is 6.54 Å². The number of aromatic amines is 1. The van der Waals surface area contributed by atoms with Crippen LogP contribution in [-0.2, 0) is 27.5 Å². The molecule has 4 N–H and O–H groups in total. The number of alkyl carbamates (subject to hydrolysis) is 1. The highest BCUT2D eigenvalue weighted by molar-refractivity contribution is 5.94. The van der Waals surface area contributed by atoms with E-state index in [0.717, 1.165) is 28.6 Å². The van der Waals surface area contributed by atoms with Crippen molar-refractivity contribution in [1.82, 2.24) is 25.5 Å². The number of carboxylic acids is 1. The Kier molecular flexibility index (Phi) is 11.2. The molecule has 1 heterocycles. The summed E-state index contributed by atoms with van der Waals surface area (Å²) in [5.74, 6) is -0.449. The first kappa shape index (κ1) is 33.2. The molecule has 0 saturated heterocycles. The molecular weight excluding hydrogens is 598 g/mol. The standard InChI is InChI=1S/C36H41N5O6/c1-24(33-38-29-13-7-8-14-30(29)39-33)41(32(42)20-17-25-9-5-6-10-25)22-26-15-18-28(19-16-26)34(43)37-21-31(35(44)45)40-36(46)47-23-27-11-3-2-4-12-27/h2-4,7-8,11-16,18-19,24-25,31H,5-6,9-10,17,20-23H2,1H3,(H,37,43)(H,38,39)(H,40,46)(H,44,45)/t24?,31-/m0/s1. The van der Waals surface area contributed by atoms with Crippen LogP contribution >= 0.6 is 0 Å². The number of ether oxygens (including phenoxy) is 1. The van der Waals surface area contributed by atoms with Gasteiger partial charge in [0.2, 0.25) is 5.91 Å². The van der Waals surface area contributed by atoms with Gasteiger partial charge in [-0.25, -0.2) is 14.6 Å². The number of rotatable bonds is 14. The van der Waals surface area contributed by atoms with E-state index in [1.165, 1.54) is 25.7 Å². The number of fused-ring (bicyclic) bond motifs is 1. The molecule has 1 unspecified atom stereocenters. The van der Waals surface area contributed by atoms with Crippen molar-refractivity contribution >= 4 is 34.9 Å². The molecule has 1 fully saturated rings. The second kappa shape index (κ2) is 15.9. The number of amides is 3. The van der Waals surface area contributed by atoms with E-state index in [-0.39, 0.29) is 25.1 Å². The fourth-order valence-corrected chi connectivity index (χ4v) is 5.89. The van der Waals surface area contributed by atoms with E-state index >= 15 is 0 Å². The number of carboxylic acid groups (broad SMARTS) is 1. The fourth-order valence-electron chi connectivity index (χ4n) is 5.89. The maximum absolute atomic E-state index is 13.6. The van der Waals surface area contributed by atoms with Crippen LogP contribution in [0.4, 0.5) is 4.79 Å². The van der Waals surface area contributed by atoms with Crippen molar-refractivity contribution in [1.29, 1.82) is 0 Å². The largest absolute Gasteiger partial charge is 0.480 e. The molecule has 1 aromatic heterocycles. The normalized spacial score (nSPS) is 14.3. The Labute approximate surface area is 273 Å². The van der Waals surface area contributed by atoms with Crippen LogP contribution in [0.5, 0.6) is 0 Å². The van der Waals surface area contributed by atoms with Gasteiger partial charge in [0.25, 0.3) is 5.91 Å². The number of imidazole rings is 1. The van der Waals surface area contributed by atoms with Crippen molar-refractivity contribution < 1.29 is 29.0 Å². The number of aromatic nitrogens is 2. The lowest BCUT2D eigenvalue weighted by atomic mass is 10.0. The molecule has 0 aliphatic heterocycles. The Morgan fingerprint density at radius 2 is 1.66 bits per heavy atom. The number of carbonyl (C=O) groups is 4. The van der Waals surface area contributed by atoms with Gasteiger partial charge in [-0.2, -0.15) is 0 Å². The molecule has 0 bridgehead atoms. The van der Waals surface area contributed by atoms with Gasteiger partial charge < -0.3 is 30.4 Å². The van der Waals surface area contributed by atoms with Crippen LogP contribution in [0.3, 0.4) is 0 Å². The lowest BCUT2D eigenvalue weighted by Crippen LogP contribution is -2.48. The van der Waals surface area contributed by atoms with E-state index in [4.69, 9.17) is 9.72 Å². The maximum atomic E-state index is 13.6. The molecule has 2 atom stereocenters. The van der Waals surface area contributed by atoms with Crippen LogP contribution in [0.2, 0.25) is 0 Å². The van der Waals surface area contributed by atoms with Crippen LogP contribution in [0.25, 0.3) is 11.0 Å². The average molecular weight is 640 g/mol. The Hall–Kier alpha value is -5.19. The van der Waals surface area contributed by atoms with Crippen LogP contribution < -0.4 is 10.6 Å². The highest BCUT2D eigenvalue weighted by Gasteiger charge is 2.26. The molecule has 11 heteroatoms. The van der Waals surface area contributed by atoms with Crippen molar-refractivity contribution in [3.63, 3.8) is 0 Å². The lowest BCUT2D eigenvalue weighted by molar-refractivity contribution is -0.139. The number of nitrogens with zero attached hydrogens (tertiary/aromatic N) is 2. The quantitative estimate of drug-likeness (QED) is 0.137. The summed E-state index contributed by atoms with van der Waals surface area (Å²) >= 11 is 0. The fraction of sp³-hybridized carbons (Fsp3) is 0.361. The predicted octanol–water partition coefficient (Wildman–Crippen LogP) is 5.73. The predicted molar refractivity (Wildman–Crippen MR) is 176 cm³/mol. The number of nitrogens with one attached hydrogen (secondary N) is 3. The van der Waals surface area contributed by atoms with E-state index in [1.807, 2.05) is 42.2 Å². The van der Waals surface area contributed by atoms with Crippen LogP contribution in [0.1, 0.15) is 78.8 Å². The van der Waals surface area contributed by atoms with Gasteiger partial charge in [0, 0.05) is 25.1 Å². The van der Waals surface area contributed by atoms with Crippen LogP contribution in [0, 0.1) is 5.92 Å². The first-order chi connectivity index (χ1) is 22.8. The van der Waals surface area contributed by atoms with Gasteiger partial charge in [-0.15, -0.1) is 0 Å². The molecule has 246 valence electrons. The maximum Gasteiger partial charge on any atom is 0.408 e. The Morgan fingerprint density at radius 3 is 2.36 bits per heavy atom. The molecule has 0 radical (unpaired) electrons. The number of aliphatic carboxylic acids is 1. The first-order valence-electron chi connectivity index (χ1n) is 16.1. The summed E-state index contributed by atoms with van der Waals surface area (Å²) in [5.41, 5.74) is 3.66. The molecule has 1 aliphatic carbocycles. The number of para-hydroxylation sites is 2. The highest BCUT2D eigenvalue weighted by Crippen LogP contribution is 2.30. The summed E-state index contributed by atoms with van der Waals surface area (Å²) in [6.07, 6.45) is 5.25. The molecule has 0 spiro atoms. The minimum atomic E-state index is -1.38. The Morgan fingerprint density at radius 1 is 0.957 bits per heavy atom. The topological polar surface area (TPSA) is 154 Å². The van der Waals surface area contributed by atoms with Gasteiger partial charge in [-0.3, -0.25) is 9.59 Å². The minimum Gasteiger partial charge on any atom is -0.480 e. The zero-order valence-electron chi connectivity index (χ0n) is 26.5. The van der Waals surface area contributed by atoms with E-state index in [1.54, 1.807) is 48.5 Å². The first-order valence-corrected chi connectivity index (χ1v) is 16.1. The number of H-pyrrole nitrogens is 1. The molecule has 5 rings (SSSR count). The lowest BCUT2D eigenvalue weighted by Gasteiger charge is -2.29. The number of carbonyl (C=O) groups excluding carboxylic acids is 3. The summed E-state index contributed by atoms with van der Waals surface area (Å²) in [4.78, 5) is 60.3. The molecule has 1 aliphatic rings. The molecule has 3 aromatic carbocycles. The van der Waals surface area contributed by atoms with E-state index in [0.29, 0.717) is 30.3 Å². The van der Waals surface area contributed by atoms with Crippen LogP contribution in [-0.4, -0.2) is 56.4 Å². The van der Waals surface area contributed by atoms with E-state index in [2.05, 4.69) is 15.6 Å². The van der Waals surface area contributed by atoms with Gasteiger partial charge in [0.1, 0.15) is 18.5 Å². The third kappa shape index (κ3) is 9.18. The van der Waals surface area contributed by atoms with Gasteiger partial charge in [0.15, 0.2) is 0 Å². The number of hydrogen-bond donors (Lipinski definition) is 4. The average Bonchev–Trinajstić information content (AvgIpc) is 3.78. The van der Waals surface area contributed by atoms with Crippen molar-refractivity contribution in [2.45, 2.75) is 70.7 Å². The van der Waals surface area contributed by atoms with E-state index in [9.17, 15) is 24.3 Å². The smallest absolute Gasteiger partial charge is 0.408 e. The summed E-state index contributed by atoms with van der Waals surface area (Å²) in [5, 5.41) is 14.4. The molecule has 4 aromatic rings. The second-order valence-electron chi connectivity index (χ2n) is 12.0. The van der Waals surface area contributed by atoms with Gasteiger partial charge in [0.05, 0.1) is 17.1 Å². The molecule has 3 amide bonds. The molecular formula is C36H41N5O6. The number of benzene rings is 3. The van der Waals surface area contributed by atoms with E-state index < -0.39 is 24.0 Å². The highest BCUT2D eigenvalue weighted by atomic mass is 16.5.